The first-order valence-electron chi connectivity index (χ1n) is 4.02. The number of alkyl halides is 1. The fourth-order valence-electron chi connectivity index (χ4n) is 1.12. The van der Waals surface area contributed by atoms with E-state index >= 15 is 0 Å². The van der Waals surface area contributed by atoms with Gasteiger partial charge in [-0.15, -0.1) is 22.7 Å². The third-order valence-corrected chi connectivity index (χ3v) is 9.28. The maximum absolute atomic E-state index is 6.03. The van der Waals surface area contributed by atoms with Gasteiger partial charge in [0.15, 0.2) is 0 Å². The molecule has 0 saturated heterocycles. The monoisotopic (exact) mass is 526 g/mol. The molecule has 2 aromatic heterocycles. The molecule has 2 aromatic rings. The normalized spacial score (nSPS) is 13.1. The Hall–Kier alpha value is 1.61. The first-order chi connectivity index (χ1) is 7.49. The zero-order valence-electron chi connectivity index (χ0n) is 7.44. The summed E-state index contributed by atoms with van der Waals surface area (Å²) in [5, 5.41) is 0. The highest BCUT2D eigenvalue weighted by Gasteiger charge is 2.18. The molecule has 0 N–H and O–H groups in total. The molecule has 0 aliphatic carbocycles. The van der Waals surface area contributed by atoms with Crippen molar-refractivity contribution in [3.63, 3.8) is 0 Å². The Morgan fingerprint density at radius 2 is 1.56 bits per heavy atom. The molecule has 1 atom stereocenters. The molecule has 7 heteroatoms. The molecule has 0 aliphatic heterocycles. The zero-order valence-corrected chi connectivity index (χ0v) is 16.2. The van der Waals surface area contributed by atoms with E-state index < -0.39 is 0 Å². The SMILES string of the molecule is Clc1sc(C(Br)c2cc(Br)c(Br)s2)cc1Br. The number of rotatable bonds is 2. The van der Waals surface area contributed by atoms with E-state index in [2.05, 4.69) is 69.8 Å². The molecule has 2 heterocycles. The van der Waals surface area contributed by atoms with Crippen molar-refractivity contribution in [2.45, 2.75) is 4.83 Å². The second-order valence-electron chi connectivity index (χ2n) is 2.90. The van der Waals surface area contributed by atoms with Crippen molar-refractivity contribution in [1.82, 2.24) is 0 Å². The van der Waals surface area contributed by atoms with Crippen molar-refractivity contribution in [1.29, 1.82) is 0 Å². The van der Waals surface area contributed by atoms with Crippen LogP contribution in [0.25, 0.3) is 0 Å². The molecular formula is C9H3Br4ClS2. The van der Waals surface area contributed by atoms with E-state index in [-0.39, 0.29) is 4.83 Å². The number of thiophene rings is 2. The van der Waals surface area contributed by atoms with Crippen molar-refractivity contribution in [2.75, 3.05) is 0 Å². The molecule has 0 fully saturated rings. The van der Waals surface area contributed by atoms with E-state index in [9.17, 15) is 0 Å². The summed E-state index contributed by atoms with van der Waals surface area (Å²) >= 11 is 23.4. The highest BCUT2D eigenvalue weighted by atomic mass is 79.9. The minimum atomic E-state index is 0.189. The Kier molecular flexibility index (Phi) is 5.01. The van der Waals surface area contributed by atoms with Crippen molar-refractivity contribution in [3.8, 4) is 0 Å². The van der Waals surface area contributed by atoms with Gasteiger partial charge in [-0.3, -0.25) is 0 Å². The first kappa shape index (κ1) is 14.0. The summed E-state index contributed by atoms with van der Waals surface area (Å²) in [6.45, 7) is 0. The van der Waals surface area contributed by atoms with Gasteiger partial charge in [-0.2, -0.15) is 0 Å². The van der Waals surface area contributed by atoms with Crippen LogP contribution in [0.5, 0.6) is 0 Å². The molecule has 0 spiro atoms. The lowest BCUT2D eigenvalue weighted by atomic mass is 10.3. The van der Waals surface area contributed by atoms with Crippen molar-refractivity contribution < 1.29 is 0 Å². The highest BCUT2D eigenvalue weighted by Crippen LogP contribution is 2.45. The van der Waals surface area contributed by atoms with Crippen LogP contribution in [-0.4, -0.2) is 0 Å². The van der Waals surface area contributed by atoms with E-state index in [0.717, 1.165) is 17.1 Å². The van der Waals surface area contributed by atoms with Crippen LogP contribution in [-0.2, 0) is 0 Å². The van der Waals surface area contributed by atoms with Gasteiger partial charge in [0.05, 0.1) is 8.61 Å². The topological polar surface area (TPSA) is 0 Å². The lowest BCUT2D eigenvalue weighted by Crippen LogP contribution is -1.83. The van der Waals surface area contributed by atoms with Crippen molar-refractivity contribution >= 4 is 98.0 Å². The van der Waals surface area contributed by atoms with Gasteiger partial charge in [0.2, 0.25) is 0 Å². The number of halogens is 5. The summed E-state index contributed by atoms with van der Waals surface area (Å²) < 4.78 is 3.93. The summed E-state index contributed by atoms with van der Waals surface area (Å²) in [5.74, 6) is 0. The molecule has 16 heavy (non-hydrogen) atoms. The van der Waals surface area contributed by atoms with Crippen LogP contribution in [0.15, 0.2) is 24.9 Å². The predicted octanol–water partition coefficient (Wildman–Crippen LogP) is 7.23. The Morgan fingerprint density at radius 1 is 1.00 bits per heavy atom. The second-order valence-corrected chi connectivity index (χ2v) is 9.62. The Bertz CT molecular complexity index is 434. The standard InChI is InChI=1S/C9H3Br4ClS2/c10-3-1-5(15-8(3)13)7(12)6-2-4(11)9(14)16-6/h1-2,7H. The summed E-state index contributed by atoms with van der Waals surface area (Å²) in [6.07, 6.45) is 0. The Labute approximate surface area is 140 Å². The molecule has 0 nitrogen and oxygen atoms in total. The van der Waals surface area contributed by atoms with E-state index in [0.29, 0.717) is 0 Å². The van der Waals surface area contributed by atoms with Crippen LogP contribution in [0.2, 0.25) is 4.34 Å². The van der Waals surface area contributed by atoms with Crippen LogP contribution in [0.4, 0.5) is 0 Å². The summed E-state index contributed by atoms with van der Waals surface area (Å²) in [6, 6.07) is 4.16. The van der Waals surface area contributed by atoms with Gasteiger partial charge < -0.3 is 0 Å². The summed E-state index contributed by atoms with van der Waals surface area (Å²) in [4.78, 5) is 2.62. The van der Waals surface area contributed by atoms with Gasteiger partial charge in [0.1, 0.15) is 4.34 Å². The van der Waals surface area contributed by atoms with Gasteiger partial charge in [-0.1, -0.05) is 27.5 Å². The van der Waals surface area contributed by atoms with Gasteiger partial charge in [-0.25, -0.2) is 0 Å². The van der Waals surface area contributed by atoms with E-state index in [1.807, 2.05) is 6.07 Å². The number of hydrogen-bond donors (Lipinski definition) is 0. The third kappa shape index (κ3) is 2.95. The van der Waals surface area contributed by atoms with Gasteiger partial charge in [0.25, 0.3) is 0 Å². The molecule has 0 saturated carbocycles. The van der Waals surface area contributed by atoms with Gasteiger partial charge >= 0.3 is 0 Å². The van der Waals surface area contributed by atoms with Crippen LogP contribution in [0.3, 0.4) is 0 Å². The molecule has 86 valence electrons. The Balaban J connectivity index is 2.34. The summed E-state index contributed by atoms with van der Waals surface area (Å²) in [7, 11) is 0. The zero-order chi connectivity index (χ0) is 11.9. The van der Waals surface area contributed by atoms with Crippen molar-refractivity contribution in [3.05, 3.63) is 39.0 Å². The van der Waals surface area contributed by atoms with Crippen LogP contribution in [0, 0.1) is 0 Å². The minimum Gasteiger partial charge on any atom is -0.130 e. The second kappa shape index (κ2) is 5.72. The van der Waals surface area contributed by atoms with E-state index in [1.165, 1.54) is 9.75 Å². The quantitative estimate of drug-likeness (QED) is 0.360. The highest BCUT2D eigenvalue weighted by molar-refractivity contribution is 9.13. The first-order valence-corrected chi connectivity index (χ1v) is 9.33. The van der Waals surface area contributed by atoms with Crippen LogP contribution >= 0.6 is 98.0 Å². The largest absolute Gasteiger partial charge is 0.130 e. The molecular weight excluding hydrogens is 527 g/mol. The smallest absolute Gasteiger partial charge is 0.107 e. The van der Waals surface area contributed by atoms with E-state index in [1.54, 1.807) is 22.7 Å². The van der Waals surface area contributed by atoms with Crippen LogP contribution < -0.4 is 0 Å². The molecule has 0 amide bonds. The molecule has 0 bridgehead atoms. The predicted molar refractivity (Wildman–Crippen MR) is 87.5 cm³/mol. The molecule has 2 rings (SSSR count). The molecule has 0 aromatic carbocycles. The van der Waals surface area contributed by atoms with Gasteiger partial charge in [-0.05, 0) is 59.9 Å². The lowest BCUT2D eigenvalue weighted by molar-refractivity contribution is 1.28. The maximum Gasteiger partial charge on any atom is 0.107 e. The summed E-state index contributed by atoms with van der Waals surface area (Å²) in [5.41, 5.74) is 0. The van der Waals surface area contributed by atoms with Crippen molar-refractivity contribution in [2.24, 2.45) is 0 Å². The van der Waals surface area contributed by atoms with Gasteiger partial charge in [0, 0.05) is 18.7 Å². The average molecular weight is 530 g/mol. The third-order valence-electron chi connectivity index (χ3n) is 1.83. The minimum absolute atomic E-state index is 0.189. The molecule has 1 unspecified atom stereocenters. The average Bonchev–Trinajstić information content (AvgIpc) is 2.72. The number of hydrogen-bond acceptors (Lipinski definition) is 2. The maximum atomic E-state index is 6.03. The molecule has 0 aliphatic rings. The van der Waals surface area contributed by atoms with E-state index in [4.69, 9.17) is 11.6 Å². The Morgan fingerprint density at radius 3 is 2.00 bits per heavy atom. The lowest BCUT2D eigenvalue weighted by Gasteiger charge is -2.02. The fourth-order valence-corrected chi connectivity index (χ4v) is 5.84. The molecule has 0 radical (unpaired) electrons. The fraction of sp³-hybridized carbons (Fsp3) is 0.111. The van der Waals surface area contributed by atoms with Crippen LogP contribution in [0.1, 0.15) is 14.6 Å².